The molecule has 0 aliphatic carbocycles. The molecule has 2 aromatic heterocycles. The summed E-state index contributed by atoms with van der Waals surface area (Å²) in [6.45, 7) is 0. The maximum Gasteiger partial charge on any atom is 0.255 e. The van der Waals surface area contributed by atoms with E-state index in [1.165, 1.54) is 0 Å². The Morgan fingerprint density at radius 2 is 1.55 bits per heavy atom. The van der Waals surface area contributed by atoms with E-state index >= 15 is 0 Å². The zero-order valence-electron chi connectivity index (χ0n) is 16.9. The number of H-pyrrole nitrogens is 2. The molecule has 5 aromatic rings. The Morgan fingerprint density at radius 3 is 2.26 bits per heavy atom. The number of methoxy groups -OCH3 is 1. The Kier molecular flexibility index (Phi) is 4.84. The van der Waals surface area contributed by atoms with Gasteiger partial charge in [0.15, 0.2) is 0 Å². The van der Waals surface area contributed by atoms with Crippen LogP contribution < -0.4 is 10.1 Å². The third kappa shape index (κ3) is 3.73. The van der Waals surface area contributed by atoms with Crippen LogP contribution in [0.1, 0.15) is 28.0 Å². The Bertz CT molecular complexity index is 1300. The van der Waals surface area contributed by atoms with E-state index in [1.54, 1.807) is 19.2 Å². The first-order valence-electron chi connectivity index (χ1n) is 10.0. The number of amides is 1. The molecule has 3 N–H and O–H groups in total. The topological polar surface area (TPSA) is 95.7 Å². The van der Waals surface area contributed by atoms with Crippen LogP contribution in [0.25, 0.3) is 22.1 Å². The fourth-order valence-corrected chi connectivity index (χ4v) is 3.72. The summed E-state index contributed by atoms with van der Waals surface area (Å²) in [5, 5.41) is 3.11. The molecule has 0 fully saturated rings. The second kappa shape index (κ2) is 7.95. The molecule has 31 heavy (non-hydrogen) atoms. The van der Waals surface area contributed by atoms with Gasteiger partial charge < -0.3 is 20.0 Å². The van der Waals surface area contributed by atoms with Crippen LogP contribution in [0, 0.1) is 0 Å². The van der Waals surface area contributed by atoms with Crippen LogP contribution >= 0.6 is 0 Å². The summed E-state index contributed by atoms with van der Waals surface area (Å²) in [5.74, 6) is 1.72. The van der Waals surface area contributed by atoms with E-state index in [0.29, 0.717) is 23.6 Å². The fraction of sp³-hybridized carbons (Fsp3) is 0.125. The molecular weight excluding hydrogens is 390 g/mol. The number of benzene rings is 3. The number of carbonyl (C=O) groups excluding carboxylic acids is 1. The van der Waals surface area contributed by atoms with Gasteiger partial charge in [0.05, 0.1) is 40.8 Å². The van der Waals surface area contributed by atoms with E-state index in [1.807, 2.05) is 60.7 Å². The lowest BCUT2D eigenvalue weighted by Crippen LogP contribution is -2.31. The largest absolute Gasteiger partial charge is 0.496 e. The third-order valence-electron chi connectivity index (χ3n) is 5.23. The van der Waals surface area contributed by atoms with E-state index in [2.05, 4.69) is 20.3 Å². The van der Waals surface area contributed by atoms with Gasteiger partial charge in [-0.15, -0.1) is 0 Å². The van der Waals surface area contributed by atoms with Crippen LogP contribution in [0.3, 0.4) is 0 Å². The average molecular weight is 411 g/mol. The van der Waals surface area contributed by atoms with Gasteiger partial charge in [-0.25, -0.2) is 9.97 Å². The molecule has 1 atom stereocenters. The smallest absolute Gasteiger partial charge is 0.255 e. The van der Waals surface area contributed by atoms with Crippen molar-refractivity contribution in [2.45, 2.75) is 12.5 Å². The molecule has 0 spiro atoms. The SMILES string of the molecule is COc1ccccc1C(=O)NC(Cc1nc2ccccc2[nH]1)c1nc2ccccc2[nH]1. The molecule has 154 valence electrons. The standard InChI is InChI=1S/C24H21N5O2/c1-31-21-13-7-2-8-15(21)24(30)29-20(23-27-18-11-5-6-12-19(18)28-23)14-22-25-16-9-3-4-10-17(16)26-22/h2-13,20H,14H2,1H3,(H,25,26)(H,27,28)(H,29,30). The molecule has 5 rings (SSSR count). The van der Waals surface area contributed by atoms with Gasteiger partial charge in [0.25, 0.3) is 5.91 Å². The van der Waals surface area contributed by atoms with Crippen molar-refractivity contribution in [1.82, 2.24) is 25.3 Å². The molecule has 7 nitrogen and oxygen atoms in total. The van der Waals surface area contributed by atoms with Crippen molar-refractivity contribution in [3.05, 3.63) is 90.0 Å². The number of nitrogens with one attached hydrogen (secondary N) is 3. The molecule has 0 radical (unpaired) electrons. The van der Waals surface area contributed by atoms with E-state index in [9.17, 15) is 4.79 Å². The Hall–Kier alpha value is -4.13. The van der Waals surface area contributed by atoms with Gasteiger partial charge in [0.1, 0.15) is 17.4 Å². The summed E-state index contributed by atoms with van der Waals surface area (Å²) in [5.41, 5.74) is 4.07. The molecule has 0 bridgehead atoms. The number of ether oxygens (including phenoxy) is 1. The molecule has 1 unspecified atom stereocenters. The van der Waals surface area contributed by atoms with Crippen LogP contribution in [0.2, 0.25) is 0 Å². The van der Waals surface area contributed by atoms with Gasteiger partial charge in [0, 0.05) is 6.42 Å². The highest BCUT2D eigenvalue weighted by Gasteiger charge is 2.23. The summed E-state index contributed by atoms with van der Waals surface area (Å²) >= 11 is 0. The van der Waals surface area contributed by atoms with E-state index in [4.69, 9.17) is 9.72 Å². The summed E-state index contributed by atoms with van der Waals surface area (Å²) in [7, 11) is 1.55. The second-order valence-electron chi connectivity index (χ2n) is 7.27. The van der Waals surface area contributed by atoms with Gasteiger partial charge in [-0.1, -0.05) is 36.4 Å². The maximum absolute atomic E-state index is 13.1. The first kappa shape index (κ1) is 18.9. The highest BCUT2D eigenvalue weighted by Crippen LogP contribution is 2.23. The number of fused-ring (bicyclic) bond motifs is 2. The first-order valence-corrected chi connectivity index (χ1v) is 10.0. The number of rotatable bonds is 6. The molecule has 0 aliphatic rings. The van der Waals surface area contributed by atoms with Crippen LogP contribution in [0.5, 0.6) is 5.75 Å². The molecule has 0 saturated heterocycles. The van der Waals surface area contributed by atoms with Crippen molar-refractivity contribution < 1.29 is 9.53 Å². The van der Waals surface area contributed by atoms with Crippen molar-refractivity contribution in [2.75, 3.05) is 7.11 Å². The van der Waals surface area contributed by atoms with Crippen molar-refractivity contribution in [3.63, 3.8) is 0 Å². The van der Waals surface area contributed by atoms with E-state index in [-0.39, 0.29) is 5.91 Å². The average Bonchev–Trinajstić information content (AvgIpc) is 3.42. The van der Waals surface area contributed by atoms with Gasteiger partial charge in [-0.3, -0.25) is 4.79 Å². The number of aromatic nitrogens is 4. The summed E-state index contributed by atoms with van der Waals surface area (Å²) in [6, 6.07) is 22.4. The Morgan fingerprint density at radius 1 is 0.903 bits per heavy atom. The molecule has 0 aliphatic heterocycles. The minimum absolute atomic E-state index is 0.237. The molecule has 7 heteroatoms. The minimum Gasteiger partial charge on any atom is -0.496 e. The summed E-state index contributed by atoms with van der Waals surface area (Å²) in [6.07, 6.45) is 0.454. The van der Waals surface area contributed by atoms with Crippen LogP contribution in [0.15, 0.2) is 72.8 Å². The number of aromatic amines is 2. The van der Waals surface area contributed by atoms with E-state index in [0.717, 1.165) is 27.9 Å². The van der Waals surface area contributed by atoms with Crippen LogP contribution in [-0.2, 0) is 6.42 Å². The highest BCUT2D eigenvalue weighted by molar-refractivity contribution is 5.97. The maximum atomic E-state index is 13.1. The van der Waals surface area contributed by atoms with Crippen LogP contribution in [-0.4, -0.2) is 33.0 Å². The number of carbonyl (C=O) groups is 1. The minimum atomic E-state index is -0.412. The Balaban J connectivity index is 1.50. The van der Waals surface area contributed by atoms with Crippen molar-refractivity contribution >= 4 is 28.0 Å². The predicted molar refractivity (Wildman–Crippen MR) is 119 cm³/mol. The van der Waals surface area contributed by atoms with Crippen LogP contribution in [0.4, 0.5) is 0 Å². The number of hydrogen-bond donors (Lipinski definition) is 3. The molecule has 1 amide bonds. The molecule has 0 saturated carbocycles. The highest BCUT2D eigenvalue weighted by atomic mass is 16.5. The number of nitrogens with zero attached hydrogens (tertiary/aromatic N) is 2. The van der Waals surface area contributed by atoms with Crippen molar-refractivity contribution in [2.24, 2.45) is 0 Å². The molecule has 3 aromatic carbocycles. The predicted octanol–water partition coefficient (Wildman–Crippen LogP) is 4.16. The van der Waals surface area contributed by atoms with Crippen molar-refractivity contribution in [3.8, 4) is 5.75 Å². The third-order valence-corrected chi connectivity index (χ3v) is 5.23. The summed E-state index contributed by atoms with van der Waals surface area (Å²) < 4.78 is 5.36. The monoisotopic (exact) mass is 411 g/mol. The fourth-order valence-electron chi connectivity index (χ4n) is 3.72. The number of hydrogen-bond acceptors (Lipinski definition) is 4. The normalized spacial score (nSPS) is 12.2. The van der Waals surface area contributed by atoms with Gasteiger partial charge in [0.2, 0.25) is 0 Å². The number of imidazole rings is 2. The zero-order chi connectivity index (χ0) is 21.2. The van der Waals surface area contributed by atoms with Gasteiger partial charge in [-0.05, 0) is 36.4 Å². The summed E-state index contributed by atoms with van der Waals surface area (Å²) in [4.78, 5) is 29.2. The van der Waals surface area contributed by atoms with Gasteiger partial charge >= 0.3 is 0 Å². The zero-order valence-corrected chi connectivity index (χ0v) is 16.9. The lowest BCUT2D eigenvalue weighted by molar-refractivity contribution is 0.0931. The lowest BCUT2D eigenvalue weighted by Gasteiger charge is -2.17. The first-order chi connectivity index (χ1) is 15.2. The van der Waals surface area contributed by atoms with Gasteiger partial charge in [-0.2, -0.15) is 0 Å². The van der Waals surface area contributed by atoms with E-state index < -0.39 is 6.04 Å². The quantitative estimate of drug-likeness (QED) is 0.391. The van der Waals surface area contributed by atoms with Crippen molar-refractivity contribution in [1.29, 1.82) is 0 Å². The molecular formula is C24H21N5O2. The number of para-hydroxylation sites is 5. The Labute approximate surface area is 178 Å². The second-order valence-corrected chi connectivity index (χ2v) is 7.27. The lowest BCUT2D eigenvalue weighted by atomic mass is 10.1. The molecule has 2 heterocycles.